The van der Waals surface area contributed by atoms with Crippen LogP contribution in [0.3, 0.4) is 0 Å². The van der Waals surface area contributed by atoms with Gasteiger partial charge in [-0.15, -0.1) is 0 Å². The average molecular weight is 293 g/mol. The first kappa shape index (κ1) is 12.4. The summed E-state index contributed by atoms with van der Waals surface area (Å²) in [6, 6.07) is 10.1. The van der Waals surface area contributed by atoms with Gasteiger partial charge in [0, 0.05) is 5.02 Å². The summed E-state index contributed by atoms with van der Waals surface area (Å²) < 4.78 is 15.6. The van der Waals surface area contributed by atoms with Crippen LogP contribution in [0, 0.1) is 17.5 Å². The summed E-state index contributed by atoms with van der Waals surface area (Å²) in [4.78, 5) is 3.12. The van der Waals surface area contributed by atoms with Gasteiger partial charge >= 0.3 is 0 Å². The molecule has 5 heteroatoms. The van der Waals surface area contributed by atoms with Gasteiger partial charge in [-0.3, -0.25) is 4.57 Å². The first-order chi connectivity index (χ1) is 9.06. The summed E-state index contributed by atoms with van der Waals surface area (Å²) in [5, 5.41) is 0.634. The van der Waals surface area contributed by atoms with Crippen LogP contribution in [-0.4, -0.2) is 9.55 Å². The van der Waals surface area contributed by atoms with E-state index in [0.29, 0.717) is 9.79 Å². The zero-order valence-electron chi connectivity index (χ0n) is 10.1. The highest BCUT2D eigenvalue weighted by molar-refractivity contribution is 7.71. The van der Waals surface area contributed by atoms with Crippen molar-refractivity contribution in [1.29, 1.82) is 0 Å². The van der Waals surface area contributed by atoms with Crippen LogP contribution in [0.5, 0.6) is 0 Å². The number of hydrogen-bond acceptors (Lipinski definition) is 1. The second-order valence-electron chi connectivity index (χ2n) is 4.36. The number of nitrogens with one attached hydrogen (secondary N) is 1. The van der Waals surface area contributed by atoms with Crippen molar-refractivity contribution in [2.24, 2.45) is 0 Å². The molecule has 0 saturated heterocycles. The maximum atomic E-state index is 13.2. The van der Waals surface area contributed by atoms with Gasteiger partial charge < -0.3 is 4.98 Å². The van der Waals surface area contributed by atoms with Crippen LogP contribution in [0.15, 0.2) is 36.4 Å². The molecular formula is C14H10ClFN2S. The molecule has 0 bridgehead atoms. The third kappa shape index (κ3) is 2.07. The summed E-state index contributed by atoms with van der Waals surface area (Å²) >= 11 is 11.4. The molecule has 0 atom stereocenters. The number of aryl methyl sites for hydroxylation is 1. The van der Waals surface area contributed by atoms with E-state index in [-0.39, 0.29) is 5.82 Å². The lowest BCUT2D eigenvalue weighted by Crippen LogP contribution is -1.97. The molecule has 0 amide bonds. The second kappa shape index (κ2) is 4.47. The number of rotatable bonds is 1. The molecule has 3 rings (SSSR count). The number of H-pyrrole nitrogens is 1. The van der Waals surface area contributed by atoms with Crippen molar-refractivity contribution in [2.45, 2.75) is 6.92 Å². The van der Waals surface area contributed by atoms with Crippen molar-refractivity contribution in [1.82, 2.24) is 9.55 Å². The second-order valence-corrected chi connectivity index (χ2v) is 5.18. The SMILES string of the molecule is Cc1cc(F)ccc1-n1c(=S)[nH]c2ccc(Cl)cc21. The predicted octanol–water partition coefficient (Wildman–Crippen LogP) is 4.79. The van der Waals surface area contributed by atoms with Gasteiger partial charge in [0.2, 0.25) is 0 Å². The first-order valence-corrected chi connectivity index (χ1v) is 6.52. The fourth-order valence-corrected chi connectivity index (χ4v) is 2.66. The number of halogens is 2. The van der Waals surface area contributed by atoms with Crippen LogP contribution in [0.1, 0.15) is 5.56 Å². The van der Waals surface area contributed by atoms with E-state index in [9.17, 15) is 4.39 Å². The lowest BCUT2D eigenvalue weighted by molar-refractivity contribution is 0.626. The van der Waals surface area contributed by atoms with Gasteiger partial charge in [0.1, 0.15) is 5.82 Å². The fourth-order valence-electron chi connectivity index (χ4n) is 2.18. The van der Waals surface area contributed by atoms with Gasteiger partial charge in [0.15, 0.2) is 4.77 Å². The Morgan fingerprint density at radius 3 is 2.74 bits per heavy atom. The Morgan fingerprint density at radius 2 is 2.00 bits per heavy atom. The Morgan fingerprint density at radius 1 is 1.21 bits per heavy atom. The zero-order valence-corrected chi connectivity index (χ0v) is 11.6. The first-order valence-electron chi connectivity index (χ1n) is 5.73. The molecule has 1 heterocycles. The molecular weight excluding hydrogens is 283 g/mol. The number of benzene rings is 2. The highest BCUT2D eigenvalue weighted by Gasteiger charge is 2.09. The van der Waals surface area contributed by atoms with E-state index in [1.165, 1.54) is 12.1 Å². The Kier molecular flexibility index (Phi) is 2.92. The highest BCUT2D eigenvalue weighted by atomic mass is 35.5. The Hall–Kier alpha value is -1.65. The van der Waals surface area contributed by atoms with Crippen LogP contribution in [-0.2, 0) is 0 Å². The fraction of sp³-hybridized carbons (Fsp3) is 0.0714. The maximum Gasteiger partial charge on any atom is 0.182 e. The van der Waals surface area contributed by atoms with Gasteiger partial charge in [-0.05, 0) is 61.1 Å². The summed E-state index contributed by atoms with van der Waals surface area (Å²) in [5.41, 5.74) is 3.45. The summed E-state index contributed by atoms with van der Waals surface area (Å²) in [5.74, 6) is -0.259. The van der Waals surface area contributed by atoms with Crippen molar-refractivity contribution >= 4 is 34.9 Å². The molecule has 19 heavy (non-hydrogen) atoms. The third-order valence-electron chi connectivity index (χ3n) is 3.05. The van der Waals surface area contributed by atoms with E-state index < -0.39 is 0 Å². The van der Waals surface area contributed by atoms with Crippen LogP contribution >= 0.6 is 23.8 Å². The van der Waals surface area contributed by atoms with E-state index in [1.807, 2.05) is 23.6 Å². The molecule has 0 radical (unpaired) electrons. The largest absolute Gasteiger partial charge is 0.330 e. The molecule has 2 nitrogen and oxygen atoms in total. The normalized spacial score (nSPS) is 11.1. The Balaban J connectivity index is 2.38. The van der Waals surface area contributed by atoms with Gasteiger partial charge in [-0.25, -0.2) is 4.39 Å². The number of nitrogens with zero attached hydrogens (tertiary/aromatic N) is 1. The quantitative estimate of drug-likeness (QED) is 0.640. The van der Waals surface area contributed by atoms with E-state index in [1.54, 1.807) is 12.1 Å². The molecule has 0 aliphatic carbocycles. The monoisotopic (exact) mass is 292 g/mol. The summed E-state index contributed by atoms with van der Waals surface area (Å²) in [7, 11) is 0. The van der Waals surface area contributed by atoms with Crippen molar-refractivity contribution in [3.8, 4) is 5.69 Å². The molecule has 96 valence electrons. The van der Waals surface area contributed by atoms with Crippen molar-refractivity contribution in [2.75, 3.05) is 0 Å². The number of imidazole rings is 1. The molecule has 3 aromatic rings. The Labute approximate surface area is 119 Å². The van der Waals surface area contributed by atoms with Crippen molar-refractivity contribution < 1.29 is 4.39 Å². The van der Waals surface area contributed by atoms with Crippen LogP contribution in [0.4, 0.5) is 4.39 Å². The number of aromatic nitrogens is 2. The minimum absolute atomic E-state index is 0.259. The van der Waals surface area contributed by atoms with Crippen molar-refractivity contribution in [3.63, 3.8) is 0 Å². The topological polar surface area (TPSA) is 20.7 Å². The molecule has 0 fully saturated rings. The van der Waals surface area contributed by atoms with Crippen LogP contribution < -0.4 is 0 Å². The molecule has 2 aromatic carbocycles. The van der Waals surface area contributed by atoms with Crippen molar-refractivity contribution in [3.05, 3.63) is 57.6 Å². The Bertz CT molecular complexity index is 835. The zero-order chi connectivity index (χ0) is 13.6. The number of aromatic amines is 1. The lowest BCUT2D eigenvalue weighted by Gasteiger charge is -2.08. The molecule has 0 aliphatic rings. The molecule has 0 saturated carbocycles. The van der Waals surface area contributed by atoms with E-state index in [0.717, 1.165) is 22.3 Å². The molecule has 0 aliphatic heterocycles. The summed E-state index contributed by atoms with van der Waals surface area (Å²) in [6.07, 6.45) is 0. The standard InChI is InChI=1S/C14H10ClFN2S/c1-8-6-10(16)3-5-12(8)18-13-7-9(15)2-4-11(13)17-14(18)19/h2-7H,1H3,(H,17,19). The van der Waals surface area contributed by atoms with Crippen LogP contribution in [0.25, 0.3) is 16.7 Å². The number of hydrogen-bond donors (Lipinski definition) is 1. The summed E-state index contributed by atoms with van der Waals surface area (Å²) in [6.45, 7) is 1.85. The molecule has 0 spiro atoms. The minimum atomic E-state index is -0.259. The van der Waals surface area contributed by atoms with Gasteiger partial charge in [0.05, 0.1) is 16.7 Å². The smallest absolute Gasteiger partial charge is 0.182 e. The maximum absolute atomic E-state index is 13.2. The molecule has 0 unspecified atom stereocenters. The third-order valence-corrected chi connectivity index (χ3v) is 3.56. The van der Waals surface area contributed by atoms with Gasteiger partial charge in [-0.1, -0.05) is 11.6 Å². The lowest BCUT2D eigenvalue weighted by atomic mass is 10.2. The highest BCUT2D eigenvalue weighted by Crippen LogP contribution is 2.25. The van der Waals surface area contributed by atoms with E-state index >= 15 is 0 Å². The number of fused-ring (bicyclic) bond motifs is 1. The average Bonchev–Trinajstić information content (AvgIpc) is 2.65. The van der Waals surface area contributed by atoms with Crippen LogP contribution in [0.2, 0.25) is 5.02 Å². The van der Waals surface area contributed by atoms with E-state index in [4.69, 9.17) is 23.8 Å². The van der Waals surface area contributed by atoms with E-state index in [2.05, 4.69) is 4.98 Å². The van der Waals surface area contributed by atoms with Gasteiger partial charge in [-0.2, -0.15) is 0 Å². The van der Waals surface area contributed by atoms with Gasteiger partial charge in [0.25, 0.3) is 0 Å². The molecule has 1 aromatic heterocycles. The predicted molar refractivity (Wildman–Crippen MR) is 78.2 cm³/mol. The molecule has 1 N–H and O–H groups in total. The minimum Gasteiger partial charge on any atom is -0.330 e.